The van der Waals surface area contributed by atoms with Crippen LogP contribution in [0.15, 0.2) is 42.7 Å². The molecule has 1 atom stereocenters. The molecule has 0 saturated carbocycles. The van der Waals surface area contributed by atoms with E-state index in [2.05, 4.69) is 15.2 Å². The Hall–Kier alpha value is -3.64. The standard InChI is InChI=1S/C31H32ClN7O3S/c1-19(40)34-31-35-25-8-7-23-27(21-4-2-10-33-17-21)36-39(28(23)29(25)43-31)26-9-6-20(16-24(26)32)30(41)38-13-11-37(12-14-38)18-22-5-3-15-42-22/h2,4,6,9-10,16-17,22H,3,5,7-8,11-15,18H2,1H3,(H,34,35,40). The number of carbonyl (C=O) groups excluding carboxylic acids is 2. The van der Waals surface area contributed by atoms with Crippen molar-refractivity contribution in [2.24, 2.45) is 0 Å². The molecule has 2 aliphatic heterocycles. The van der Waals surface area contributed by atoms with E-state index in [1.807, 2.05) is 40.0 Å². The lowest BCUT2D eigenvalue weighted by Crippen LogP contribution is -2.50. The number of piperazine rings is 1. The van der Waals surface area contributed by atoms with Crippen molar-refractivity contribution in [3.63, 3.8) is 0 Å². The second kappa shape index (κ2) is 11.8. The molecule has 2 fully saturated rings. The molecule has 2 saturated heterocycles. The summed E-state index contributed by atoms with van der Waals surface area (Å²) in [5.74, 6) is -0.183. The average Bonchev–Trinajstić information content (AvgIpc) is 3.76. The van der Waals surface area contributed by atoms with E-state index in [1.165, 1.54) is 18.3 Å². The van der Waals surface area contributed by atoms with Gasteiger partial charge in [0.15, 0.2) is 5.13 Å². The highest BCUT2D eigenvalue weighted by Crippen LogP contribution is 2.44. The molecule has 1 aliphatic carbocycles. The molecule has 0 bridgehead atoms. The Balaban J connectivity index is 1.18. The van der Waals surface area contributed by atoms with Gasteiger partial charge >= 0.3 is 0 Å². The van der Waals surface area contributed by atoms with Crippen LogP contribution in [0, 0.1) is 0 Å². The number of ether oxygens (including phenoxy) is 1. The Bertz CT molecular complexity index is 1670. The Morgan fingerprint density at radius 2 is 2.02 bits per heavy atom. The lowest BCUT2D eigenvalue weighted by atomic mass is 9.95. The van der Waals surface area contributed by atoms with E-state index in [9.17, 15) is 9.59 Å². The highest BCUT2D eigenvalue weighted by molar-refractivity contribution is 7.19. The van der Waals surface area contributed by atoms with E-state index in [-0.39, 0.29) is 11.8 Å². The van der Waals surface area contributed by atoms with Gasteiger partial charge in [0.1, 0.15) is 0 Å². The summed E-state index contributed by atoms with van der Waals surface area (Å²) in [5, 5.41) is 8.87. The quantitative estimate of drug-likeness (QED) is 0.334. The zero-order valence-electron chi connectivity index (χ0n) is 23.9. The van der Waals surface area contributed by atoms with Gasteiger partial charge in [-0.15, -0.1) is 0 Å². The monoisotopic (exact) mass is 617 g/mol. The number of thiazole rings is 1. The number of carbonyl (C=O) groups is 2. The maximum atomic E-state index is 13.5. The highest BCUT2D eigenvalue weighted by Gasteiger charge is 2.31. The summed E-state index contributed by atoms with van der Waals surface area (Å²) in [4.78, 5) is 39.5. The van der Waals surface area contributed by atoms with E-state index in [1.54, 1.807) is 12.3 Å². The largest absolute Gasteiger partial charge is 0.377 e. The van der Waals surface area contributed by atoms with Crippen LogP contribution in [-0.2, 0) is 22.4 Å². The smallest absolute Gasteiger partial charge is 0.253 e. The molecule has 10 nitrogen and oxygen atoms in total. The number of benzene rings is 1. The first-order chi connectivity index (χ1) is 20.9. The summed E-state index contributed by atoms with van der Waals surface area (Å²) in [6, 6.07) is 9.34. The number of aryl methyl sites for hydroxylation is 1. The van der Waals surface area contributed by atoms with Gasteiger partial charge in [0, 0.05) is 75.3 Å². The van der Waals surface area contributed by atoms with E-state index >= 15 is 0 Å². The third-order valence-corrected chi connectivity index (χ3v) is 9.62. The van der Waals surface area contributed by atoms with Crippen molar-refractivity contribution >= 4 is 39.9 Å². The molecule has 12 heteroatoms. The third kappa shape index (κ3) is 5.58. The van der Waals surface area contributed by atoms with Crippen molar-refractivity contribution in [3.05, 3.63) is 64.6 Å². The maximum absolute atomic E-state index is 13.5. The van der Waals surface area contributed by atoms with Crippen molar-refractivity contribution in [1.82, 2.24) is 29.5 Å². The number of nitrogens with zero attached hydrogens (tertiary/aromatic N) is 6. The van der Waals surface area contributed by atoms with E-state index in [0.717, 1.165) is 85.0 Å². The molecule has 7 rings (SSSR count). The van der Waals surface area contributed by atoms with Crippen LogP contribution in [0.4, 0.5) is 5.13 Å². The highest BCUT2D eigenvalue weighted by atomic mass is 35.5. The molecule has 4 aromatic rings. The topological polar surface area (TPSA) is 105 Å². The predicted octanol–water partition coefficient (Wildman–Crippen LogP) is 4.71. The van der Waals surface area contributed by atoms with Crippen molar-refractivity contribution in [3.8, 4) is 27.5 Å². The van der Waals surface area contributed by atoms with Gasteiger partial charge in [0.05, 0.1) is 38.8 Å². The molecule has 1 unspecified atom stereocenters. The third-order valence-electron chi connectivity index (χ3n) is 8.29. The summed E-state index contributed by atoms with van der Waals surface area (Å²) in [6.07, 6.45) is 7.59. The van der Waals surface area contributed by atoms with Crippen molar-refractivity contribution in [2.45, 2.75) is 38.7 Å². The van der Waals surface area contributed by atoms with Crippen LogP contribution in [0.25, 0.3) is 27.5 Å². The molecule has 5 heterocycles. The fourth-order valence-electron chi connectivity index (χ4n) is 6.19. The summed E-state index contributed by atoms with van der Waals surface area (Å²) in [5.41, 5.74) is 5.87. The second-order valence-electron chi connectivity index (χ2n) is 11.2. The number of fused-ring (bicyclic) bond motifs is 3. The number of hydrogen-bond acceptors (Lipinski definition) is 8. The number of rotatable bonds is 6. The van der Waals surface area contributed by atoms with Crippen LogP contribution in [0.1, 0.15) is 41.4 Å². The maximum Gasteiger partial charge on any atom is 0.253 e. The molecule has 0 radical (unpaired) electrons. The van der Waals surface area contributed by atoms with Crippen LogP contribution in [0.5, 0.6) is 0 Å². The molecule has 1 N–H and O–H groups in total. The number of anilines is 1. The summed E-state index contributed by atoms with van der Waals surface area (Å²) < 4.78 is 7.64. The summed E-state index contributed by atoms with van der Waals surface area (Å²) in [7, 11) is 0. The Kier molecular flexibility index (Phi) is 7.72. The lowest BCUT2D eigenvalue weighted by molar-refractivity contribution is -0.114. The molecule has 3 aliphatic rings. The van der Waals surface area contributed by atoms with Crippen LogP contribution in [0.3, 0.4) is 0 Å². The molecular weight excluding hydrogens is 586 g/mol. The zero-order chi connectivity index (χ0) is 29.5. The first kappa shape index (κ1) is 28.1. The lowest BCUT2D eigenvalue weighted by Gasteiger charge is -2.35. The van der Waals surface area contributed by atoms with Gasteiger partial charge in [-0.2, -0.15) is 5.10 Å². The predicted molar refractivity (Wildman–Crippen MR) is 166 cm³/mol. The fourth-order valence-corrected chi connectivity index (χ4v) is 7.56. The summed E-state index contributed by atoms with van der Waals surface area (Å²) in [6.45, 7) is 6.30. The normalized spacial score (nSPS) is 18.4. The van der Waals surface area contributed by atoms with Crippen LogP contribution in [-0.4, -0.2) is 86.8 Å². The molecule has 0 spiro atoms. The SMILES string of the molecule is CC(=O)Nc1nc2c(s1)-c1c(c(-c3cccnc3)nn1-c1ccc(C(=O)N3CCN(CC4CCCO4)CC3)cc1Cl)CC2. The van der Waals surface area contributed by atoms with Crippen molar-refractivity contribution < 1.29 is 14.3 Å². The second-order valence-corrected chi connectivity index (χ2v) is 12.6. The number of amides is 2. The Morgan fingerprint density at radius 1 is 1.16 bits per heavy atom. The number of hydrogen-bond donors (Lipinski definition) is 1. The van der Waals surface area contributed by atoms with Gasteiger partial charge < -0.3 is 15.0 Å². The van der Waals surface area contributed by atoms with Gasteiger partial charge in [-0.3, -0.25) is 19.5 Å². The van der Waals surface area contributed by atoms with Crippen molar-refractivity contribution in [2.75, 3.05) is 44.6 Å². The minimum Gasteiger partial charge on any atom is -0.377 e. The molecule has 43 heavy (non-hydrogen) atoms. The Morgan fingerprint density at radius 3 is 2.74 bits per heavy atom. The van der Waals surface area contributed by atoms with Gasteiger partial charge in [0.25, 0.3) is 5.91 Å². The summed E-state index contributed by atoms with van der Waals surface area (Å²) >= 11 is 8.36. The fraction of sp³-hybridized carbons (Fsp3) is 0.387. The number of pyridine rings is 1. The van der Waals surface area contributed by atoms with Crippen LogP contribution < -0.4 is 5.32 Å². The number of halogens is 1. The molecule has 2 amide bonds. The first-order valence-corrected chi connectivity index (χ1v) is 15.9. The number of aromatic nitrogens is 4. The van der Waals surface area contributed by atoms with Gasteiger partial charge in [0.2, 0.25) is 5.91 Å². The van der Waals surface area contributed by atoms with Gasteiger partial charge in [-0.05, 0) is 56.0 Å². The van der Waals surface area contributed by atoms with E-state index in [0.29, 0.717) is 40.6 Å². The molecule has 1 aromatic carbocycles. The minimum atomic E-state index is -0.163. The minimum absolute atomic E-state index is 0.0200. The van der Waals surface area contributed by atoms with Gasteiger partial charge in [-0.1, -0.05) is 22.9 Å². The van der Waals surface area contributed by atoms with Crippen LogP contribution in [0.2, 0.25) is 5.02 Å². The molecular formula is C31H32ClN7O3S. The Labute approximate surface area is 258 Å². The molecule has 3 aromatic heterocycles. The zero-order valence-corrected chi connectivity index (χ0v) is 25.5. The molecule has 222 valence electrons. The first-order valence-electron chi connectivity index (χ1n) is 14.7. The van der Waals surface area contributed by atoms with Crippen LogP contribution >= 0.6 is 22.9 Å². The van der Waals surface area contributed by atoms with Gasteiger partial charge in [-0.25, -0.2) is 9.67 Å². The average molecular weight is 618 g/mol. The van der Waals surface area contributed by atoms with E-state index < -0.39 is 0 Å². The van der Waals surface area contributed by atoms with E-state index in [4.69, 9.17) is 26.4 Å². The van der Waals surface area contributed by atoms with Crippen molar-refractivity contribution in [1.29, 1.82) is 0 Å². The number of nitrogens with one attached hydrogen (secondary N) is 1.